The molecule has 3 heterocycles. The number of aryl methyl sites for hydroxylation is 1. The lowest BCUT2D eigenvalue weighted by Gasteiger charge is -2.23. The van der Waals surface area contributed by atoms with Crippen molar-refractivity contribution in [3.8, 4) is 6.07 Å². The van der Waals surface area contributed by atoms with Gasteiger partial charge >= 0.3 is 0 Å². The Kier molecular flexibility index (Phi) is 4.26. The van der Waals surface area contributed by atoms with Crippen molar-refractivity contribution in [2.24, 2.45) is 0 Å². The molecule has 1 saturated heterocycles. The van der Waals surface area contributed by atoms with Crippen LogP contribution in [-0.4, -0.2) is 21.5 Å². The third-order valence-electron chi connectivity index (χ3n) is 3.68. The fraction of sp³-hybridized carbons (Fsp3) is 0.375. The molecule has 0 amide bonds. The zero-order valence-corrected chi connectivity index (χ0v) is 12.5. The molecule has 1 aliphatic rings. The standard InChI is InChI=1S/C16H18N6/c1-11-20-15(14-4-2-3-7-18-14)8-16(21-11)22-13-6-5-12(9-17)19-10-13/h5-6,8,10,14,18H,2-4,7H2,1H3,(H,20,21,22)/t14-/m1/s1. The van der Waals surface area contributed by atoms with E-state index in [0.717, 1.165) is 36.0 Å². The fourth-order valence-electron chi connectivity index (χ4n) is 2.62. The van der Waals surface area contributed by atoms with Crippen LogP contribution >= 0.6 is 0 Å². The maximum Gasteiger partial charge on any atom is 0.140 e. The smallest absolute Gasteiger partial charge is 0.140 e. The highest BCUT2D eigenvalue weighted by Gasteiger charge is 2.17. The molecule has 112 valence electrons. The summed E-state index contributed by atoms with van der Waals surface area (Å²) in [4.78, 5) is 13.0. The van der Waals surface area contributed by atoms with Gasteiger partial charge in [0.05, 0.1) is 17.6 Å². The van der Waals surface area contributed by atoms with Gasteiger partial charge in [-0.1, -0.05) is 6.42 Å². The number of nitrogens with zero attached hydrogens (tertiary/aromatic N) is 4. The van der Waals surface area contributed by atoms with Crippen LogP contribution in [0.1, 0.15) is 42.5 Å². The molecule has 1 fully saturated rings. The van der Waals surface area contributed by atoms with Gasteiger partial charge in [-0.3, -0.25) is 0 Å². The van der Waals surface area contributed by atoms with Crippen molar-refractivity contribution in [1.29, 1.82) is 5.26 Å². The van der Waals surface area contributed by atoms with Crippen LogP contribution in [-0.2, 0) is 0 Å². The van der Waals surface area contributed by atoms with Crippen LogP contribution < -0.4 is 10.6 Å². The molecule has 1 aliphatic heterocycles. The number of pyridine rings is 1. The summed E-state index contributed by atoms with van der Waals surface area (Å²) in [5, 5.41) is 15.5. The van der Waals surface area contributed by atoms with Crippen molar-refractivity contribution in [1.82, 2.24) is 20.3 Å². The second-order valence-corrected chi connectivity index (χ2v) is 5.40. The van der Waals surface area contributed by atoms with Gasteiger partial charge < -0.3 is 10.6 Å². The van der Waals surface area contributed by atoms with Crippen LogP contribution in [0.2, 0.25) is 0 Å². The summed E-state index contributed by atoms with van der Waals surface area (Å²) in [6.07, 6.45) is 5.19. The lowest BCUT2D eigenvalue weighted by atomic mass is 10.0. The SMILES string of the molecule is Cc1nc(Nc2ccc(C#N)nc2)cc([C@H]2CCCCN2)n1. The minimum atomic E-state index is 0.301. The van der Waals surface area contributed by atoms with E-state index in [-0.39, 0.29) is 0 Å². The number of rotatable bonds is 3. The Balaban J connectivity index is 1.80. The van der Waals surface area contributed by atoms with Crippen LogP contribution in [0.15, 0.2) is 24.4 Å². The highest BCUT2D eigenvalue weighted by molar-refractivity contribution is 5.55. The predicted octanol–water partition coefficient (Wildman–Crippen LogP) is 2.61. The van der Waals surface area contributed by atoms with Gasteiger partial charge in [-0.2, -0.15) is 5.26 Å². The third-order valence-corrected chi connectivity index (χ3v) is 3.68. The van der Waals surface area contributed by atoms with Crippen LogP contribution in [0.4, 0.5) is 11.5 Å². The Morgan fingerprint density at radius 1 is 1.32 bits per heavy atom. The zero-order valence-electron chi connectivity index (χ0n) is 12.5. The van der Waals surface area contributed by atoms with Gasteiger partial charge in [0.15, 0.2) is 0 Å². The summed E-state index contributed by atoms with van der Waals surface area (Å²) in [6, 6.07) is 7.79. The predicted molar refractivity (Wildman–Crippen MR) is 83.6 cm³/mol. The quantitative estimate of drug-likeness (QED) is 0.905. The molecule has 3 rings (SSSR count). The van der Waals surface area contributed by atoms with Crippen LogP contribution in [0.5, 0.6) is 0 Å². The summed E-state index contributed by atoms with van der Waals surface area (Å²) in [6.45, 7) is 2.94. The minimum absolute atomic E-state index is 0.301. The average Bonchev–Trinajstić information content (AvgIpc) is 2.56. The highest BCUT2D eigenvalue weighted by atomic mass is 15.1. The van der Waals surface area contributed by atoms with Crippen LogP contribution in [0, 0.1) is 18.3 Å². The lowest BCUT2D eigenvalue weighted by Crippen LogP contribution is -2.27. The van der Waals surface area contributed by atoms with Crippen molar-refractivity contribution < 1.29 is 0 Å². The van der Waals surface area contributed by atoms with Gasteiger partial charge in [0.25, 0.3) is 0 Å². The minimum Gasteiger partial charge on any atom is -0.339 e. The van der Waals surface area contributed by atoms with Gasteiger partial charge in [-0.15, -0.1) is 0 Å². The second-order valence-electron chi connectivity index (χ2n) is 5.40. The van der Waals surface area contributed by atoms with E-state index in [1.54, 1.807) is 12.3 Å². The Labute approximate surface area is 129 Å². The van der Waals surface area contributed by atoms with Crippen LogP contribution in [0.3, 0.4) is 0 Å². The molecule has 0 aromatic carbocycles. The van der Waals surface area contributed by atoms with Gasteiger partial charge in [-0.05, 0) is 38.4 Å². The molecule has 0 saturated carbocycles. The Morgan fingerprint density at radius 2 is 2.23 bits per heavy atom. The molecule has 2 aromatic rings. The van der Waals surface area contributed by atoms with Crippen molar-refractivity contribution in [2.45, 2.75) is 32.2 Å². The molecule has 22 heavy (non-hydrogen) atoms. The summed E-state index contributed by atoms with van der Waals surface area (Å²) in [7, 11) is 0. The zero-order chi connectivity index (χ0) is 15.4. The van der Waals surface area contributed by atoms with Gasteiger partial charge in [0.1, 0.15) is 23.4 Å². The van der Waals surface area contributed by atoms with Gasteiger partial charge in [0.2, 0.25) is 0 Å². The summed E-state index contributed by atoms with van der Waals surface area (Å²) >= 11 is 0. The first-order valence-electron chi connectivity index (χ1n) is 7.47. The second kappa shape index (κ2) is 6.50. The molecular formula is C16H18N6. The summed E-state index contributed by atoms with van der Waals surface area (Å²) < 4.78 is 0. The average molecular weight is 294 g/mol. The van der Waals surface area contributed by atoms with Gasteiger partial charge in [-0.25, -0.2) is 15.0 Å². The number of piperidine rings is 1. The van der Waals surface area contributed by atoms with Crippen molar-refractivity contribution in [3.63, 3.8) is 0 Å². The first kappa shape index (κ1) is 14.4. The Hall–Kier alpha value is -2.52. The molecule has 2 aromatic heterocycles. The maximum atomic E-state index is 8.77. The lowest BCUT2D eigenvalue weighted by molar-refractivity contribution is 0.404. The largest absolute Gasteiger partial charge is 0.339 e. The highest BCUT2D eigenvalue weighted by Crippen LogP contribution is 2.24. The first-order valence-corrected chi connectivity index (χ1v) is 7.47. The number of anilines is 2. The molecule has 0 aliphatic carbocycles. The van der Waals surface area contributed by atoms with E-state index in [1.807, 2.05) is 25.1 Å². The molecule has 6 nitrogen and oxygen atoms in total. The van der Waals surface area contributed by atoms with Crippen molar-refractivity contribution in [3.05, 3.63) is 41.6 Å². The van der Waals surface area contributed by atoms with E-state index in [2.05, 4.69) is 25.6 Å². The number of hydrogen-bond acceptors (Lipinski definition) is 6. The van der Waals surface area contributed by atoms with Crippen molar-refractivity contribution >= 4 is 11.5 Å². The molecule has 6 heteroatoms. The van der Waals surface area contributed by atoms with Crippen molar-refractivity contribution in [2.75, 3.05) is 11.9 Å². The normalized spacial score (nSPS) is 17.7. The van der Waals surface area contributed by atoms with Crippen LogP contribution in [0.25, 0.3) is 0 Å². The number of hydrogen-bond donors (Lipinski definition) is 2. The van der Waals surface area contributed by atoms with E-state index in [1.165, 1.54) is 12.8 Å². The maximum absolute atomic E-state index is 8.77. The monoisotopic (exact) mass is 294 g/mol. The molecule has 1 atom stereocenters. The van der Waals surface area contributed by atoms with E-state index >= 15 is 0 Å². The van der Waals surface area contributed by atoms with Gasteiger partial charge in [0, 0.05) is 12.1 Å². The van der Waals surface area contributed by atoms with E-state index in [9.17, 15) is 0 Å². The number of aromatic nitrogens is 3. The summed E-state index contributed by atoms with van der Waals surface area (Å²) in [5.41, 5.74) is 2.23. The third kappa shape index (κ3) is 3.38. The molecule has 0 bridgehead atoms. The Bertz CT molecular complexity index is 683. The van der Waals surface area contributed by atoms with E-state index in [4.69, 9.17) is 5.26 Å². The molecule has 0 spiro atoms. The number of nitrogens with one attached hydrogen (secondary N) is 2. The fourth-order valence-corrected chi connectivity index (χ4v) is 2.62. The Morgan fingerprint density at radius 3 is 2.91 bits per heavy atom. The molecule has 0 radical (unpaired) electrons. The first-order chi connectivity index (χ1) is 10.7. The topological polar surface area (TPSA) is 86.5 Å². The number of nitriles is 1. The van der Waals surface area contributed by atoms with E-state index < -0.39 is 0 Å². The molecule has 2 N–H and O–H groups in total. The molecule has 0 unspecified atom stereocenters. The molecular weight excluding hydrogens is 276 g/mol. The summed E-state index contributed by atoms with van der Waals surface area (Å²) in [5.74, 6) is 1.50. The van der Waals surface area contributed by atoms with E-state index in [0.29, 0.717) is 11.7 Å².